The maximum absolute atomic E-state index is 13.0. The quantitative estimate of drug-likeness (QED) is 0.226. The van der Waals surface area contributed by atoms with Gasteiger partial charge in [-0.3, -0.25) is 19.3 Å². The second-order valence-corrected chi connectivity index (χ2v) is 9.89. The highest BCUT2D eigenvalue weighted by molar-refractivity contribution is 6.02. The number of hydrogen-bond acceptors (Lipinski definition) is 6. The Bertz CT molecular complexity index is 1840. The van der Waals surface area contributed by atoms with Crippen molar-refractivity contribution in [3.05, 3.63) is 97.8 Å². The van der Waals surface area contributed by atoms with Gasteiger partial charge in [-0.05, 0) is 61.7 Å². The Labute approximate surface area is 236 Å². The van der Waals surface area contributed by atoms with E-state index in [0.29, 0.717) is 28.6 Å². The van der Waals surface area contributed by atoms with Crippen LogP contribution in [0.4, 0.5) is 16.2 Å². The zero-order valence-corrected chi connectivity index (χ0v) is 22.8. The Balaban J connectivity index is 1.15. The molecule has 0 saturated carbocycles. The number of hydrogen-bond donors (Lipinski definition) is 2. The molecular weight excluding hydrogens is 516 g/mol. The minimum absolute atomic E-state index is 0.130. The number of rotatable bonds is 7. The molecule has 10 nitrogen and oxygen atoms in total. The van der Waals surface area contributed by atoms with Gasteiger partial charge in [0.2, 0.25) is 0 Å². The summed E-state index contributed by atoms with van der Waals surface area (Å²) in [5.41, 5.74) is 4.51. The lowest BCUT2D eigenvalue weighted by molar-refractivity contribution is 0.262. The molecule has 0 saturated heterocycles. The molecule has 41 heavy (non-hydrogen) atoms. The molecule has 0 bridgehead atoms. The number of nitrogens with one attached hydrogen (secondary N) is 2. The predicted octanol–water partition coefficient (Wildman–Crippen LogP) is 6.91. The summed E-state index contributed by atoms with van der Waals surface area (Å²) in [6.07, 6.45) is 10.8. The van der Waals surface area contributed by atoms with E-state index in [2.05, 4.69) is 25.7 Å². The van der Waals surface area contributed by atoms with Crippen molar-refractivity contribution in [1.29, 1.82) is 0 Å². The van der Waals surface area contributed by atoms with E-state index in [-0.39, 0.29) is 12.1 Å². The molecular formula is C31H28N8O2. The first-order chi connectivity index (χ1) is 19.9. The van der Waals surface area contributed by atoms with Gasteiger partial charge < -0.3 is 15.4 Å². The molecule has 0 atom stereocenters. The molecule has 0 unspecified atom stereocenters. The highest BCUT2D eigenvalue weighted by atomic mass is 16.5. The van der Waals surface area contributed by atoms with Crippen LogP contribution in [-0.4, -0.2) is 35.6 Å². The van der Waals surface area contributed by atoms with Crippen LogP contribution in [-0.2, 0) is 7.05 Å². The third kappa shape index (κ3) is 5.76. The van der Waals surface area contributed by atoms with Gasteiger partial charge in [-0.1, -0.05) is 12.1 Å². The van der Waals surface area contributed by atoms with E-state index in [1.54, 1.807) is 53.6 Å². The number of nitrogens with zero attached hydrogens (tertiary/aromatic N) is 6. The summed E-state index contributed by atoms with van der Waals surface area (Å²) >= 11 is 0. The SMILES string of the molecule is CC(C)n1cc(NC(=O)Nc2ccc(Oc3ccnc(-c4cnn(C)c4)c3)cc2)c(-c2ccc3cnccc3c2)n1. The standard InChI is InChI=1S/C31H28N8O2/c1-20(2)39-19-29(30(37-39)22-4-5-23-16-32-12-10-21(23)14-22)36-31(40)35-25-6-8-26(9-7-25)41-27-11-13-33-28(15-27)24-17-34-38(3)18-24/h4-20H,1-3H3,(H2,35,36,40). The molecule has 0 spiro atoms. The Morgan fingerprint density at radius 2 is 1.71 bits per heavy atom. The first kappa shape index (κ1) is 25.8. The smallest absolute Gasteiger partial charge is 0.323 e. The largest absolute Gasteiger partial charge is 0.457 e. The minimum atomic E-state index is -0.372. The van der Waals surface area contributed by atoms with E-state index in [4.69, 9.17) is 9.84 Å². The van der Waals surface area contributed by atoms with Crippen molar-refractivity contribution in [3.63, 3.8) is 0 Å². The van der Waals surface area contributed by atoms with Crippen LogP contribution < -0.4 is 15.4 Å². The molecule has 6 aromatic rings. The van der Waals surface area contributed by atoms with E-state index >= 15 is 0 Å². The van der Waals surface area contributed by atoms with Crippen LogP contribution in [0.15, 0.2) is 97.8 Å². The summed E-state index contributed by atoms with van der Waals surface area (Å²) in [5, 5.41) is 16.9. The number of pyridine rings is 2. The fourth-order valence-corrected chi connectivity index (χ4v) is 4.40. The second kappa shape index (κ2) is 10.9. The summed E-state index contributed by atoms with van der Waals surface area (Å²) in [5.74, 6) is 1.28. The molecule has 4 heterocycles. The Hall–Kier alpha value is -5.51. The van der Waals surface area contributed by atoms with Crippen LogP contribution in [0, 0.1) is 0 Å². The average molecular weight is 545 g/mol. The molecule has 6 rings (SSSR count). The van der Waals surface area contributed by atoms with Gasteiger partial charge in [-0.25, -0.2) is 4.79 Å². The molecule has 0 radical (unpaired) electrons. The van der Waals surface area contributed by atoms with E-state index in [0.717, 1.165) is 27.6 Å². The molecule has 2 aromatic carbocycles. The molecule has 4 aromatic heterocycles. The number of ether oxygens (including phenoxy) is 1. The van der Waals surface area contributed by atoms with Crippen molar-refractivity contribution in [2.24, 2.45) is 7.05 Å². The highest BCUT2D eigenvalue weighted by Crippen LogP contribution is 2.31. The number of aromatic nitrogens is 6. The van der Waals surface area contributed by atoms with Gasteiger partial charge in [0.05, 0.1) is 17.6 Å². The third-order valence-corrected chi connectivity index (χ3v) is 6.50. The van der Waals surface area contributed by atoms with Gasteiger partial charge in [0.25, 0.3) is 0 Å². The number of benzene rings is 2. The maximum atomic E-state index is 13.0. The Morgan fingerprint density at radius 3 is 2.49 bits per heavy atom. The number of amides is 2. The van der Waals surface area contributed by atoms with Gasteiger partial charge >= 0.3 is 6.03 Å². The normalized spacial score (nSPS) is 11.1. The summed E-state index contributed by atoms with van der Waals surface area (Å²) in [7, 11) is 1.86. The number of aryl methyl sites for hydroxylation is 1. The lowest BCUT2D eigenvalue weighted by atomic mass is 10.1. The summed E-state index contributed by atoms with van der Waals surface area (Å²) in [6.45, 7) is 4.09. The molecule has 204 valence electrons. The number of fused-ring (bicyclic) bond motifs is 1. The summed E-state index contributed by atoms with van der Waals surface area (Å²) in [6, 6.07) is 18.6. The number of urea groups is 1. The Morgan fingerprint density at radius 1 is 0.854 bits per heavy atom. The average Bonchev–Trinajstić information content (AvgIpc) is 3.60. The molecule has 0 aliphatic heterocycles. The number of anilines is 2. The van der Waals surface area contributed by atoms with Crippen molar-refractivity contribution in [3.8, 4) is 34.0 Å². The van der Waals surface area contributed by atoms with E-state index in [1.807, 2.05) is 74.5 Å². The van der Waals surface area contributed by atoms with Gasteiger partial charge in [-0.15, -0.1) is 0 Å². The lowest BCUT2D eigenvalue weighted by Crippen LogP contribution is -2.19. The first-order valence-electron chi connectivity index (χ1n) is 13.2. The molecule has 0 fully saturated rings. The fourth-order valence-electron chi connectivity index (χ4n) is 4.40. The molecule has 2 amide bonds. The van der Waals surface area contributed by atoms with Gasteiger partial charge in [0.1, 0.15) is 17.2 Å². The van der Waals surface area contributed by atoms with E-state index in [9.17, 15) is 4.79 Å². The first-order valence-corrected chi connectivity index (χ1v) is 13.2. The third-order valence-electron chi connectivity index (χ3n) is 6.50. The van der Waals surface area contributed by atoms with E-state index in [1.165, 1.54) is 0 Å². The van der Waals surface area contributed by atoms with Crippen LogP contribution in [0.2, 0.25) is 0 Å². The van der Waals surface area contributed by atoms with Gasteiger partial charge in [0, 0.05) is 72.3 Å². The zero-order valence-electron chi connectivity index (χ0n) is 22.8. The van der Waals surface area contributed by atoms with Crippen molar-refractivity contribution < 1.29 is 9.53 Å². The topological polar surface area (TPSA) is 112 Å². The van der Waals surface area contributed by atoms with E-state index < -0.39 is 0 Å². The second-order valence-electron chi connectivity index (χ2n) is 9.89. The minimum Gasteiger partial charge on any atom is -0.457 e. The van der Waals surface area contributed by atoms with Crippen LogP contribution in [0.5, 0.6) is 11.5 Å². The fraction of sp³-hybridized carbons (Fsp3) is 0.129. The lowest BCUT2D eigenvalue weighted by Gasteiger charge is -2.10. The van der Waals surface area contributed by atoms with Crippen LogP contribution in [0.1, 0.15) is 19.9 Å². The van der Waals surface area contributed by atoms with Crippen molar-refractivity contribution in [1.82, 2.24) is 29.5 Å². The Kier molecular flexibility index (Phi) is 6.87. The van der Waals surface area contributed by atoms with Crippen molar-refractivity contribution in [2.45, 2.75) is 19.9 Å². The molecule has 0 aliphatic rings. The van der Waals surface area contributed by atoms with Crippen LogP contribution in [0.25, 0.3) is 33.3 Å². The summed E-state index contributed by atoms with van der Waals surface area (Å²) < 4.78 is 9.58. The van der Waals surface area contributed by atoms with Crippen molar-refractivity contribution >= 4 is 28.2 Å². The van der Waals surface area contributed by atoms with Gasteiger partial charge in [-0.2, -0.15) is 10.2 Å². The summed E-state index contributed by atoms with van der Waals surface area (Å²) in [4.78, 5) is 21.6. The highest BCUT2D eigenvalue weighted by Gasteiger charge is 2.16. The predicted molar refractivity (Wildman–Crippen MR) is 159 cm³/mol. The molecule has 10 heteroatoms. The number of carbonyl (C=O) groups excluding carboxylic acids is 1. The zero-order chi connectivity index (χ0) is 28.3. The maximum Gasteiger partial charge on any atom is 0.323 e. The number of carbonyl (C=O) groups is 1. The van der Waals surface area contributed by atoms with Crippen LogP contribution in [0.3, 0.4) is 0 Å². The molecule has 2 N–H and O–H groups in total. The van der Waals surface area contributed by atoms with Gasteiger partial charge in [0.15, 0.2) is 0 Å². The van der Waals surface area contributed by atoms with Crippen molar-refractivity contribution in [2.75, 3.05) is 10.6 Å². The molecule has 0 aliphatic carbocycles. The van der Waals surface area contributed by atoms with Crippen LogP contribution >= 0.6 is 0 Å². The monoisotopic (exact) mass is 544 g/mol.